The predicted octanol–water partition coefficient (Wildman–Crippen LogP) is 5.16. The summed E-state index contributed by atoms with van der Waals surface area (Å²) >= 11 is 0. The van der Waals surface area contributed by atoms with E-state index in [1.165, 1.54) is 5.56 Å². The lowest BCUT2D eigenvalue weighted by molar-refractivity contribution is -0.155. The lowest BCUT2D eigenvalue weighted by atomic mass is 10.2. The van der Waals surface area contributed by atoms with Crippen LogP contribution in [0.4, 0.5) is 0 Å². The smallest absolute Gasteiger partial charge is 0.325 e. The minimum atomic E-state index is -1.76. The average molecular weight is 404 g/mol. The topological polar surface area (TPSA) is 38.5 Å². The van der Waals surface area contributed by atoms with Gasteiger partial charge in [-0.25, -0.2) is 0 Å². The largest absolute Gasteiger partial charge is 0.459 e. The van der Waals surface area contributed by atoms with Crippen LogP contribution in [0, 0.1) is 0 Å². The maximum Gasteiger partial charge on any atom is 0.325 e. The minimum absolute atomic E-state index is 0.0677. The van der Waals surface area contributed by atoms with E-state index in [0.717, 1.165) is 6.54 Å². The van der Waals surface area contributed by atoms with Crippen LogP contribution < -0.4 is 0 Å². The van der Waals surface area contributed by atoms with Crippen molar-refractivity contribution in [3.05, 3.63) is 48.0 Å². The van der Waals surface area contributed by atoms with Crippen molar-refractivity contribution in [1.82, 2.24) is 4.90 Å². The van der Waals surface area contributed by atoms with Gasteiger partial charge in [-0.05, 0) is 44.5 Å². The van der Waals surface area contributed by atoms with Crippen molar-refractivity contribution in [2.45, 2.75) is 83.9 Å². The number of carbonyl (C=O) groups excluding carboxylic acids is 1. The van der Waals surface area contributed by atoms with Gasteiger partial charge in [0.2, 0.25) is 0 Å². The Morgan fingerprint density at radius 2 is 1.71 bits per heavy atom. The highest BCUT2D eigenvalue weighted by atomic mass is 28.4. The second kappa shape index (κ2) is 8.52. The van der Waals surface area contributed by atoms with Crippen LogP contribution in [-0.2, 0) is 20.5 Å². The van der Waals surface area contributed by atoms with Gasteiger partial charge in [0.25, 0.3) is 0 Å². The third kappa shape index (κ3) is 6.29. The zero-order valence-electron chi connectivity index (χ0n) is 18.8. The number of hydrogen-bond donors (Lipinski definition) is 0. The fourth-order valence-electron chi connectivity index (χ4n) is 2.82. The number of rotatable bonds is 7. The summed E-state index contributed by atoms with van der Waals surface area (Å²) in [4.78, 5) is 14.8. The molecule has 1 fully saturated rings. The highest BCUT2D eigenvalue weighted by Gasteiger charge is 2.52. The molecule has 1 heterocycles. The van der Waals surface area contributed by atoms with Crippen LogP contribution >= 0.6 is 0 Å². The first-order chi connectivity index (χ1) is 12.8. The molecule has 0 radical (unpaired) electrons. The first-order valence-corrected chi connectivity index (χ1v) is 13.1. The van der Waals surface area contributed by atoms with Crippen molar-refractivity contribution < 1.29 is 14.0 Å². The zero-order valence-corrected chi connectivity index (χ0v) is 19.8. The Kier molecular flexibility index (Phi) is 6.95. The number of nitrogens with zero attached hydrogens (tertiary/aromatic N) is 1. The Hall–Kier alpha value is -1.43. The number of esters is 1. The molecule has 1 aliphatic heterocycles. The van der Waals surface area contributed by atoms with Crippen LogP contribution in [0.5, 0.6) is 0 Å². The van der Waals surface area contributed by atoms with Crippen LogP contribution in [0.25, 0.3) is 0 Å². The van der Waals surface area contributed by atoms with E-state index in [1.54, 1.807) is 0 Å². The van der Waals surface area contributed by atoms with Crippen molar-refractivity contribution in [2.75, 3.05) is 6.61 Å². The van der Waals surface area contributed by atoms with Crippen molar-refractivity contribution >= 4 is 14.3 Å². The molecule has 0 amide bonds. The second-order valence-corrected chi connectivity index (χ2v) is 14.9. The fourth-order valence-corrected chi connectivity index (χ4v) is 3.76. The Bertz CT molecular complexity index is 686. The molecule has 2 rings (SSSR count). The van der Waals surface area contributed by atoms with Crippen LogP contribution in [0.1, 0.15) is 47.1 Å². The van der Waals surface area contributed by atoms with Gasteiger partial charge in [-0.15, -0.1) is 0 Å². The Morgan fingerprint density at radius 3 is 2.25 bits per heavy atom. The number of ether oxygens (including phenoxy) is 1. The molecular weight excluding hydrogens is 366 g/mol. The minimum Gasteiger partial charge on any atom is -0.459 e. The first kappa shape index (κ1) is 22.9. The molecule has 0 aliphatic carbocycles. The molecule has 1 aromatic carbocycles. The van der Waals surface area contributed by atoms with Gasteiger partial charge in [-0.3, -0.25) is 9.69 Å². The standard InChI is InChI=1S/C23H37NO3Si/c1-22(2,3)27-21(25)20-19(24(20)17-18-13-10-9-11-14-18)15-12-16-26-28(7,8)23(4,5)6/h9-15,19-20H,16-17H2,1-8H3/b15-12+/t19-,20+,24?/m1/s1. The van der Waals surface area contributed by atoms with Gasteiger partial charge in [0.15, 0.2) is 8.32 Å². The molecule has 1 unspecified atom stereocenters. The van der Waals surface area contributed by atoms with E-state index in [2.05, 4.69) is 63.0 Å². The zero-order chi connectivity index (χ0) is 21.2. The van der Waals surface area contributed by atoms with Crippen molar-refractivity contribution in [1.29, 1.82) is 0 Å². The summed E-state index contributed by atoms with van der Waals surface area (Å²) in [5.74, 6) is -0.150. The third-order valence-corrected chi connectivity index (χ3v) is 10.0. The summed E-state index contributed by atoms with van der Waals surface area (Å²) in [6.07, 6.45) is 4.16. The lowest BCUT2D eigenvalue weighted by Gasteiger charge is -2.35. The highest BCUT2D eigenvalue weighted by molar-refractivity contribution is 6.74. The van der Waals surface area contributed by atoms with Gasteiger partial charge >= 0.3 is 5.97 Å². The van der Waals surface area contributed by atoms with Gasteiger partial charge in [-0.2, -0.15) is 0 Å². The molecule has 156 valence electrons. The van der Waals surface area contributed by atoms with Gasteiger partial charge in [0.1, 0.15) is 11.6 Å². The van der Waals surface area contributed by atoms with Crippen LogP contribution in [-0.4, -0.2) is 43.5 Å². The molecule has 0 saturated carbocycles. The van der Waals surface area contributed by atoms with Gasteiger partial charge in [0, 0.05) is 6.54 Å². The van der Waals surface area contributed by atoms with E-state index in [9.17, 15) is 4.79 Å². The quantitative estimate of drug-likeness (QED) is 0.273. The van der Waals surface area contributed by atoms with E-state index < -0.39 is 13.9 Å². The molecule has 28 heavy (non-hydrogen) atoms. The van der Waals surface area contributed by atoms with Gasteiger partial charge in [0.05, 0.1) is 12.6 Å². The van der Waals surface area contributed by atoms with Crippen molar-refractivity contribution in [3.8, 4) is 0 Å². The summed E-state index contributed by atoms with van der Waals surface area (Å²) in [5, 5.41) is 0.193. The molecule has 0 aromatic heterocycles. The van der Waals surface area contributed by atoms with Crippen LogP contribution in [0.15, 0.2) is 42.5 Å². The molecule has 3 atom stereocenters. The van der Waals surface area contributed by atoms with E-state index in [1.807, 2.05) is 39.0 Å². The van der Waals surface area contributed by atoms with E-state index in [0.29, 0.717) is 6.61 Å². The summed E-state index contributed by atoms with van der Waals surface area (Å²) in [6, 6.07) is 10.1. The van der Waals surface area contributed by atoms with Crippen molar-refractivity contribution in [2.24, 2.45) is 0 Å². The molecule has 4 nitrogen and oxygen atoms in total. The lowest BCUT2D eigenvalue weighted by Crippen LogP contribution is -2.40. The molecular formula is C23H37NO3Si. The highest BCUT2D eigenvalue weighted by Crippen LogP contribution is 2.37. The molecule has 0 bridgehead atoms. The Labute approximate surface area is 172 Å². The molecule has 1 aliphatic rings. The molecule has 1 aromatic rings. The van der Waals surface area contributed by atoms with E-state index in [4.69, 9.17) is 9.16 Å². The summed E-state index contributed by atoms with van der Waals surface area (Å²) in [6.45, 7) is 18.3. The molecule has 5 heteroatoms. The van der Waals surface area contributed by atoms with Crippen LogP contribution in [0.3, 0.4) is 0 Å². The monoisotopic (exact) mass is 403 g/mol. The SMILES string of the molecule is CC(C)(C)OC(=O)[C@@H]1[C@@H](/C=C/CO[Si](C)(C)C(C)(C)C)N1Cc1ccccc1. The van der Waals surface area contributed by atoms with Gasteiger partial charge in [-0.1, -0.05) is 63.3 Å². The van der Waals surface area contributed by atoms with Crippen molar-refractivity contribution in [3.63, 3.8) is 0 Å². The average Bonchev–Trinajstić information content (AvgIpc) is 3.22. The first-order valence-electron chi connectivity index (χ1n) is 10.1. The predicted molar refractivity (Wildman–Crippen MR) is 118 cm³/mol. The maximum atomic E-state index is 12.6. The van der Waals surface area contributed by atoms with E-state index in [-0.39, 0.29) is 23.1 Å². The summed E-state index contributed by atoms with van der Waals surface area (Å²) in [7, 11) is -1.76. The summed E-state index contributed by atoms with van der Waals surface area (Å²) < 4.78 is 11.8. The number of carbonyl (C=O) groups is 1. The van der Waals surface area contributed by atoms with Crippen LogP contribution in [0.2, 0.25) is 18.1 Å². The Balaban J connectivity index is 2.01. The number of hydrogen-bond acceptors (Lipinski definition) is 4. The molecule has 0 N–H and O–H groups in total. The second-order valence-electron chi connectivity index (χ2n) is 10.1. The fraction of sp³-hybridized carbons (Fsp3) is 0.609. The molecule has 1 saturated heterocycles. The summed E-state index contributed by atoms with van der Waals surface area (Å²) in [5.41, 5.74) is 0.724. The maximum absolute atomic E-state index is 12.6. The van der Waals surface area contributed by atoms with Gasteiger partial charge < -0.3 is 9.16 Å². The molecule has 0 spiro atoms. The Morgan fingerprint density at radius 1 is 1.11 bits per heavy atom. The number of benzene rings is 1. The third-order valence-electron chi connectivity index (χ3n) is 5.51. The van der Waals surface area contributed by atoms with E-state index >= 15 is 0 Å². The normalized spacial score (nSPS) is 23.1.